The van der Waals surface area contributed by atoms with Crippen LogP contribution in [-0.4, -0.2) is 30.2 Å². The number of pyridine rings is 1. The predicted octanol–water partition coefficient (Wildman–Crippen LogP) is 5.51. The minimum absolute atomic E-state index is 0.0486. The molecule has 1 fully saturated rings. The van der Waals surface area contributed by atoms with E-state index in [1.807, 2.05) is 6.07 Å². The maximum absolute atomic E-state index is 15.1. The summed E-state index contributed by atoms with van der Waals surface area (Å²) in [5.74, 6) is -1.62. The summed E-state index contributed by atoms with van der Waals surface area (Å²) in [4.78, 5) is 3.60. The van der Waals surface area contributed by atoms with Crippen LogP contribution in [0.1, 0.15) is 49.8 Å². The molecule has 0 aliphatic heterocycles. The Morgan fingerprint density at radius 2 is 1.89 bits per heavy atom. The van der Waals surface area contributed by atoms with E-state index < -0.39 is 38.8 Å². The van der Waals surface area contributed by atoms with Gasteiger partial charge in [-0.2, -0.15) is 23.2 Å². The minimum Gasteiger partial charge on any atom is -0.335 e. The van der Waals surface area contributed by atoms with E-state index in [-0.39, 0.29) is 39.5 Å². The first-order valence-corrected chi connectivity index (χ1v) is 12.3. The molecule has 0 radical (unpaired) electrons. The van der Waals surface area contributed by atoms with Gasteiger partial charge in [0.05, 0.1) is 27.9 Å². The van der Waals surface area contributed by atoms with Crippen molar-refractivity contribution < 1.29 is 30.4 Å². The molecule has 3 aromatic rings. The quantitative estimate of drug-likeness (QED) is 0.457. The van der Waals surface area contributed by atoms with Crippen LogP contribution < -0.4 is 4.72 Å². The van der Waals surface area contributed by atoms with E-state index in [4.69, 9.17) is 0 Å². The van der Waals surface area contributed by atoms with E-state index in [2.05, 4.69) is 4.98 Å². The van der Waals surface area contributed by atoms with Gasteiger partial charge in [-0.25, -0.2) is 17.2 Å². The number of rotatable bonds is 5. The molecular formula is C23H21F5N4O2S. The molecule has 1 aliphatic carbocycles. The van der Waals surface area contributed by atoms with Crippen LogP contribution in [0.4, 0.5) is 22.0 Å². The van der Waals surface area contributed by atoms with E-state index in [1.54, 1.807) is 9.29 Å². The first kappa shape index (κ1) is 25.1. The van der Waals surface area contributed by atoms with Crippen molar-refractivity contribution in [2.45, 2.75) is 62.7 Å². The van der Waals surface area contributed by atoms with Crippen LogP contribution >= 0.6 is 0 Å². The van der Waals surface area contributed by atoms with E-state index >= 15 is 4.39 Å². The molecule has 0 saturated heterocycles. The Hall–Kier alpha value is -3.04. The number of sulfonamides is 1. The first-order chi connectivity index (χ1) is 16.4. The normalized spacial score (nSPS) is 16.1. The number of benzene rings is 1. The van der Waals surface area contributed by atoms with Gasteiger partial charge >= 0.3 is 6.18 Å². The highest BCUT2D eigenvalue weighted by atomic mass is 32.2. The summed E-state index contributed by atoms with van der Waals surface area (Å²) in [6, 6.07) is 2.99. The van der Waals surface area contributed by atoms with Gasteiger partial charge in [0.25, 0.3) is 0 Å². The van der Waals surface area contributed by atoms with Crippen LogP contribution in [-0.2, 0) is 10.0 Å². The van der Waals surface area contributed by atoms with Gasteiger partial charge in [-0.15, -0.1) is 0 Å². The SMILES string of the molecule is Cc1c(F)cc2c(c1F)c(C#N)c(-c1ccc(S(=O)(=O)N[C@@H](C)C(F)(F)F)cn1)n2C1CCCC1. The standard InChI is InChI=1S/C23H21F5N4O2S/c1-12-17(24)9-19-20(21(12)25)16(10-29)22(32(19)14-5-3-4-6-14)18-8-7-15(11-30-18)35(33,34)31-13(2)23(26,27)28/h7-9,11,13-14,31H,3-6H2,1-2H3/t13-/m0/s1. The summed E-state index contributed by atoms with van der Waals surface area (Å²) < 4.78 is 96.1. The van der Waals surface area contributed by atoms with Crippen molar-refractivity contribution >= 4 is 20.9 Å². The molecule has 0 bridgehead atoms. The van der Waals surface area contributed by atoms with Crippen molar-refractivity contribution in [3.63, 3.8) is 0 Å². The Bertz CT molecular complexity index is 1430. The Morgan fingerprint density at radius 3 is 2.43 bits per heavy atom. The molecule has 1 aromatic carbocycles. The lowest BCUT2D eigenvalue weighted by Gasteiger charge is -2.19. The molecule has 1 aliphatic rings. The number of nitriles is 1. The van der Waals surface area contributed by atoms with Crippen molar-refractivity contribution in [1.29, 1.82) is 5.26 Å². The molecule has 2 aromatic heterocycles. The summed E-state index contributed by atoms with van der Waals surface area (Å²) in [6.07, 6.45) is -0.704. The van der Waals surface area contributed by atoms with Crippen molar-refractivity contribution in [3.8, 4) is 17.5 Å². The number of hydrogen-bond donors (Lipinski definition) is 1. The van der Waals surface area contributed by atoms with E-state index in [0.717, 1.165) is 25.1 Å². The molecule has 0 unspecified atom stereocenters. The van der Waals surface area contributed by atoms with Gasteiger partial charge in [-0.1, -0.05) is 12.8 Å². The maximum Gasteiger partial charge on any atom is 0.404 e. The third-order valence-electron chi connectivity index (χ3n) is 6.33. The molecule has 1 saturated carbocycles. The predicted molar refractivity (Wildman–Crippen MR) is 118 cm³/mol. The largest absolute Gasteiger partial charge is 0.404 e. The molecular weight excluding hydrogens is 491 g/mol. The lowest BCUT2D eigenvalue weighted by Crippen LogP contribution is -2.42. The fourth-order valence-electron chi connectivity index (χ4n) is 4.44. The van der Waals surface area contributed by atoms with Crippen LogP contribution in [0.15, 0.2) is 29.3 Å². The second kappa shape index (κ2) is 8.87. The Balaban J connectivity index is 1.88. The lowest BCUT2D eigenvalue weighted by atomic mass is 10.1. The molecule has 2 heterocycles. The van der Waals surface area contributed by atoms with Gasteiger partial charge in [0, 0.05) is 17.8 Å². The zero-order valence-corrected chi connectivity index (χ0v) is 19.6. The average Bonchev–Trinajstić information content (AvgIpc) is 3.42. The summed E-state index contributed by atoms with van der Waals surface area (Å²) >= 11 is 0. The maximum atomic E-state index is 15.1. The molecule has 186 valence electrons. The van der Waals surface area contributed by atoms with Gasteiger partial charge in [0.2, 0.25) is 10.0 Å². The van der Waals surface area contributed by atoms with Crippen molar-refractivity contribution in [2.24, 2.45) is 0 Å². The van der Waals surface area contributed by atoms with Gasteiger partial charge in [0.15, 0.2) is 0 Å². The van der Waals surface area contributed by atoms with E-state index in [0.29, 0.717) is 19.8 Å². The zero-order chi connectivity index (χ0) is 25.7. The second-order valence-corrected chi connectivity index (χ2v) is 10.3. The number of fused-ring (bicyclic) bond motifs is 1. The summed E-state index contributed by atoms with van der Waals surface area (Å²) in [5, 5.41) is 9.87. The zero-order valence-electron chi connectivity index (χ0n) is 18.7. The highest BCUT2D eigenvalue weighted by molar-refractivity contribution is 7.89. The van der Waals surface area contributed by atoms with Gasteiger partial charge in [-0.05, 0) is 44.9 Å². The van der Waals surface area contributed by atoms with Crippen LogP contribution in [0.5, 0.6) is 0 Å². The third-order valence-corrected chi connectivity index (χ3v) is 7.85. The van der Waals surface area contributed by atoms with Crippen LogP contribution in [0.25, 0.3) is 22.3 Å². The summed E-state index contributed by atoms with van der Waals surface area (Å²) in [6.45, 7) is 1.94. The molecule has 0 amide bonds. The van der Waals surface area contributed by atoms with Gasteiger partial charge in [0.1, 0.15) is 28.6 Å². The van der Waals surface area contributed by atoms with Crippen LogP contribution in [0.2, 0.25) is 0 Å². The van der Waals surface area contributed by atoms with Crippen LogP contribution in [0.3, 0.4) is 0 Å². The van der Waals surface area contributed by atoms with Crippen molar-refractivity contribution in [3.05, 3.63) is 47.2 Å². The summed E-state index contributed by atoms with van der Waals surface area (Å²) in [5.41, 5.74) is 0.217. The monoisotopic (exact) mass is 512 g/mol. The number of aromatic nitrogens is 2. The molecule has 12 heteroatoms. The Labute approximate surface area is 198 Å². The number of halogens is 5. The van der Waals surface area contributed by atoms with Crippen molar-refractivity contribution in [2.75, 3.05) is 0 Å². The highest BCUT2D eigenvalue weighted by Gasteiger charge is 2.39. The molecule has 0 spiro atoms. The first-order valence-electron chi connectivity index (χ1n) is 10.8. The van der Waals surface area contributed by atoms with Crippen molar-refractivity contribution in [1.82, 2.24) is 14.3 Å². The topological polar surface area (TPSA) is 87.8 Å². The summed E-state index contributed by atoms with van der Waals surface area (Å²) in [7, 11) is -4.54. The smallest absolute Gasteiger partial charge is 0.335 e. The second-order valence-electron chi connectivity index (χ2n) is 8.60. The molecule has 4 rings (SSSR count). The van der Waals surface area contributed by atoms with Crippen LogP contribution in [0, 0.1) is 29.9 Å². The van der Waals surface area contributed by atoms with Gasteiger partial charge < -0.3 is 4.57 Å². The molecule has 1 atom stereocenters. The number of hydrogen-bond acceptors (Lipinski definition) is 4. The van der Waals surface area contributed by atoms with Gasteiger partial charge in [-0.3, -0.25) is 4.98 Å². The fourth-order valence-corrected chi connectivity index (χ4v) is 5.62. The Kier molecular flexibility index (Phi) is 6.36. The van der Waals surface area contributed by atoms with E-state index in [9.17, 15) is 31.2 Å². The number of nitrogens with zero attached hydrogens (tertiary/aromatic N) is 3. The molecule has 6 nitrogen and oxygen atoms in total. The number of nitrogens with one attached hydrogen (secondary N) is 1. The third kappa shape index (κ3) is 4.38. The molecule has 35 heavy (non-hydrogen) atoms. The molecule has 1 N–H and O–H groups in total. The fraction of sp³-hybridized carbons (Fsp3) is 0.391. The highest BCUT2D eigenvalue weighted by Crippen LogP contribution is 2.42. The number of alkyl halides is 3. The van der Waals surface area contributed by atoms with E-state index in [1.165, 1.54) is 19.1 Å². The minimum atomic E-state index is -4.78. The lowest BCUT2D eigenvalue weighted by molar-refractivity contribution is -0.147. The Morgan fingerprint density at radius 1 is 1.23 bits per heavy atom. The average molecular weight is 513 g/mol.